The van der Waals surface area contributed by atoms with Gasteiger partial charge in [0.05, 0.1) is 12.5 Å². The molecule has 1 heteroatoms. The fraction of sp³-hybridized carbons (Fsp3) is 0.167. The fourth-order valence-electron chi connectivity index (χ4n) is 1.57. The van der Waals surface area contributed by atoms with E-state index in [4.69, 9.17) is 4.42 Å². The van der Waals surface area contributed by atoms with Crippen molar-refractivity contribution in [1.29, 1.82) is 0 Å². The van der Waals surface area contributed by atoms with Gasteiger partial charge in [-0.25, -0.2) is 0 Å². The summed E-state index contributed by atoms with van der Waals surface area (Å²) in [6, 6.07) is 8.48. The Hall–Kier alpha value is -1.50. The fourth-order valence-corrected chi connectivity index (χ4v) is 1.57. The summed E-state index contributed by atoms with van der Waals surface area (Å²) in [6.45, 7) is 4.22. The third-order valence-corrected chi connectivity index (χ3v) is 2.08. The maximum absolute atomic E-state index is 5.05. The van der Waals surface area contributed by atoms with E-state index in [1.807, 2.05) is 6.07 Å². The zero-order valence-corrected chi connectivity index (χ0v) is 7.87. The van der Waals surface area contributed by atoms with Crippen molar-refractivity contribution in [3.63, 3.8) is 0 Å². The Balaban J connectivity index is 2.53. The van der Waals surface area contributed by atoms with Crippen molar-refractivity contribution in [2.75, 3.05) is 0 Å². The predicted octanol–water partition coefficient (Wildman–Crippen LogP) is 3.56. The molecule has 0 aliphatic rings. The largest absolute Gasteiger partial charge is 0.472 e. The summed E-state index contributed by atoms with van der Waals surface area (Å²) in [7, 11) is 0. The molecule has 0 atom stereocenters. The first kappa shape index (κ1) is 8.11. The molecule has 66 valence electrons. The van der Waals surface area contributed by atoms with Gasteiger partial charge in [-0.15, -0.1) is 0 Å². The summed E-state index contributed by atoms with van der Waals surface area (Å²) in [5.41, 5.74) is 4.95. The van der Waals surface area contributed by atoms with Crippen LogP contribution in [0.15, 0.2) is 41.2 Å². The lowest BCUT2D eigenvalue weighted by Crippen LogP contribution is -1.80. The van der Waals surface area contributed by atoms with Crippen LogP contribution in [0.1, 0.15) is 11.1 Å². The van der Waals surface area contributed by atoms with Crippen LogP contribution in [0.5, 0.6) is 0 Å². The standard InChI is InChI=1S/C12H12O/c1-9-5-10(2)7-12(6-9)11-3-4-13-8-11/h3-8H,1-2H3. The summed E-state index contributed by atoms with van der Waals surface area (Å²) in [5, 5.41) is 0. The molecular formula is C12H12O. The zero-order chi connectivity index (χ0) is 9.26. The van der Waals surface area contributed by atoms with Gasteiger partial charge in [-0.05, 0) is 25.5 Å². The first-order chi connectivity index (χ1) is 6.25. The van der Waals surface area contributed by atoms with Crippen molar-refractivity contribution in [3.8, 4) is 11.1 Å². The van der Waals surface area contributed by atoms with Gasteiger partial charge in [0.2, 0.25) is 0 Å². The summed E-state index contributed by atoms with van der Waals surface area (Å²) in [6.07, 6.45) is 3.47. The van der Waals surface area contributed by atoms with E-state index in [9.17, 15) is 0 Å². The van der Waals surface area contributed by atoms with Gasteiger partial charge in [0.15, 0.2) is 0 Å². The number of aryl methyl sites for hydroxylation is 2. The van der Waals surface area contributed by atoms with Crippen molar-refractivity contribution >= 4 is 0 Å². The molecule has 0 amide bonds. The zero-order valence-electron chi connectivity index (χ0n) is 7.87. The van der Waals surface area contributed by atoms with Crippen LogP contribution >= 0.6 is 0 Å². The molecule has 0 spiro atoms. The molecule has 0 fully saturated rings. The lowest BCUT2D eigenvalue weighted by molar-refractivity contribution is 0.568. The summed E-state index contributed by atoms with van der Waals surface area (Å²) < 4.78 is 5.05. The second-order valence-electron chi connectivity index (χ2n) is 3.39. The minimum absolute atomic E-state index is 1.15. The lowest BCUT2D eigenvalue weighted by atomic mass is 10.0. The number of hydrogen-bond acceptors (Lipinski definition) is 1. The van der Waals surface area contributed by atoms with Crippen LogP contribution in [0, 0.1) is 13.8 Å². The normalized spacial score (nSPS) is 10.3. The number of benzene rings is 1. The Labute approximate surface area is 78.0 Å². The number of hydrogen-bond donors (Lipinski definition) is 0. The molecule has 0 aliphatic heterocycles. The minimum atomic E-state index is 1.15. The van der Waals surface area contributed by atoms with E-state index in [0.29, 0.717) is 0 Å². The van der Waals surface area contributed by atoms with E-state index in [-0.39, 0.29) is 0 Å². The highest BCUT2D eigenvalue weighted by Crippen LogP contribution is 2.22. The molecule has 1 aromatic carbocycles. The van der Waals surface area contributed by atoms with Gasteiger partial charge in [-0.3, -0.25) is 0 Å². The highest BCUT2D eigenvalue weighted by molar-refractivity contribution is 5.63. The van der Waals surface area contributed by atoms with Gasteiger partial charge >= 0.3 is 0 Å². The van der Waals surface area contributed by atoms with Crippen LogP contribution in [-0.4, -0.2) is 0 Å². The molecule has 0 saturated carbocycles. The van der Waals surface area contributed by atoms with E-state index in [2.05, 4.69) is 32.0 Å². The molecule has 2 rings (SSSR count). The molecule has 2 aromatic rings. The van der Waals surface area contributed by atoms with Crippen LogP contribution < -0.4 is 0 Å². The third-order valence-electron chi connectivity index (χ3n) is 2.08. The molecule has 0 aliphatic carbocycles. The molecule has 13 heavy (non-hydrogen) atoms. The molecule has 1 nitrogen and oxygen atoms in total. The first-order valence-electron chi connectivity index (χ1n) is 4.36. The monoisotopic (exact) mass is 172 g/mol. The highest BCUT2D eigenvalue weighted by atomic mass is 16.3. The van der Waals surface area contributed by atoms with Gasteiger partial charge in [0.1, 0.15) is 0 Å². The second-order valence-corrected chi connectivity index (χ2v) is 3.39. The van der Waals surface area contributed by atoms with Crippen molar-refractivity contribution in [3.05, 3.63) is 47.9 Å². The van der Waals surface area contributed by atoms with Crippen LogP contribution in [0.25, 0.3) is 11.1 Å². The molecular weight excluding hydrogens is 160 g/mol. The molecule has 1 heterocycles. The quantitative estimate of drug-likeness (QED) is 0.641. The number of rotatable bonds is 1. The van der Waals surface area contributed by atoms with Gasteiger partial charge in [-0.1, -0.05) is 29.3 Å². The maximum atomic E-state index is 5.05. The Morgan fingerprint density at radius 2 is 1.62 bits per heavy atom. The molecule has 0 bridgehead atoms. The van der Waals surface area contributed by atoms with Crippen LogP contribution in [0.3, 0.4) is 0 Å². The average Bonchev–Trinajstić information content (AvgIpc) is 2.53. The summed E-state index contributed by atoms with van der Waals surface area (Å²) in [4.78, 5) is 0. The Kier molecular flexibility index (Phi) is 1.93. The average molecular weight is 172 g/mol. The predicted molar refractivity (Wildman–Crippen MR) is 53.6 cm³/mol. The first-order valence-corrected chi connectivity index (χ1v) is 4.36. The van der Waals surface area contributed by atoms with Gasteiger partial charge in [0.25, 0.3) is 0 Å². The topological polar surface area (TPSA) is 13.1 Å². The lowest BCUT2D eigenvalue weighted by Gasteiger charge is -2.01. The summed E-state index contributed by atoms with van der Waals surface area (Å²) >= 11 is 0. The Morgan fingerprint density at radius 1 is 0.923 bits per heavy atom. The smallest absolute Gasteiger partial charge is 0.0980 e. The van der Waals surface area contributed by atoms with E-state index in [1.54, 1.807) is 12.5 Å². The van der Waals surface area contributed by atoms with Crippen molar-refractivity contribution < 1.29 is 4.42 Å². The summed E-state index contributed by atoms with van der Waals surface area (Å²) in [5.74, 6) is 0. The Bertz CT molecular complexity index is 379. The van der Waals surface area contributed by atoms with Crippen molar-refractivity contribution in [1.82, 2.24) is 0 Å². The highest BCUT2D eigenvalue weighted by Gasteiger charge is 1.99. The van der Waals surface area contributed by atoms with Crippen LogP contribution in [0.4, 0.5) is 0 Å². The van der Waals surface area contributed by atoms with Crippen LogP contribution in [0.2, 0.25) is 0 Å². The molecule has 0 radical (unpaired) electrons. The molecule has 0 unspecified atom stereocenters. The van der Waals surface area contributed by atoms with E-state index >= 15 is 0 Å². The molecule has 0 N–H and O–H groups in total. The Morgan fingerprint density at radius 3 is 2.15 bits per heavy atom. The van der Waals surface area contributed by atoms with Crippen molar-refractivity contribution in [2.24, 2.45) is 0 Å². The maximum Gasteiger partial charge on any atom is 0.0980 e. The van der Waals surface area contributed by atoms with E-state index < -0.39 is 0 Å². The third kappa shape index (κ3) is 1.64. The van der Waals surface area contributed by atoms with E-state index in [1.165, 1.54) is 16.7 Å². The molecule has 1 aromatic heterocycles. The van der Waals surface area contributed by atoms with Gasteiger partial charge in [0, 0.05) is 5.56 Å². The van der Waals surface area contributed by atoms with E-state index in [0.717, 1.165) is 5.56 Å². The van der Waals surface area contributed by atoms with Crippen LogP contribution in [-0.2, 0) is 0 Å². The SMILES string of the molecule is Cc1cc(C)cc(-c2ccoc2)c1. The van der Waals surface area contributed by atoms with Gasteiger partial charge < -0.3 is 4.42 Å². The van der Waals surface area contributed by atoms with Crippen molar-refractivity contribution in [2.45, 2.75) is 13.8 Å². The minimum Gasteiger partial charge on any atom is -0.472 e. The van der Waals surface area contributed by atoms with Gasteiger partial charge in [-0.2, -0.15) is 0 Å². The second kappa shape index (κ2) is 3.09. The molecule has 0 saturated heterocycles. The number of furan rings is 1.